The van der Waals surface area contributed by atoms with Crippen molar-refractivity contribution in [3.05, 3.63) is 10.8 Å². The van der Waals surface area contributed by atoms with Crippen molar-refractivity contribution < 1.29 is 19.4 Å². The van der Waals surface area contributed by atoms with Gasteiger partial charge >= 0.3 is 0 Å². The molecule has 0 fully saturated rings. The number of aliphatic hydroxyl groups is 1. The Labute approximate surface area is 86.5 Å². The van der Waals surface area contributed by atoms with E-state index >= 15 is 0 Å². The summed E-state index contributed by atoms with van der Waals surface area (Å²) in [5, 5.41) is 9.84. The Morgan fingerprint density at radius 1 is 1.57 bits per heavy atom. The molecule has 0 bridgehead atoms. The average molecular weight is 219 g/mol. The fraction of sp³-hybridized carbons (Fsp3) is 0.556. The second-order valence-electron chi connectivity index (χ2n) is 3.73. The highest BCUT2D eigenvalue weighted by Gasteiger charge is 2.63. The number of hydrogen-bond donors (Lipinski definition) is 1. The first-order valence-corrected chi connectivity index (χ1v) is 4.38. The topological polar surface area (TPSA) is 63.6 Å². The molecular formula is C9H11ClO4. The van der Waals surface area contributed by atoms with Gasteiger partial charge in [-0.25, -0.2) is 0 Å². The Morgan fingerprint density at radius 3 is 2.43 bits per heavy atom. The lowest BCUT2D eigenvalue weighted by atomic mass is 9.66. The number of Topliss-reactive ketones (excluding diaryl/α,β-unsaturated/α-hetero) is 1. The summed E-state index contributed by atoms with van der Waals surface area (Å²) >= 11 is 5.54. The van der Waals surface area contributed by atoms with Crippen LogP contribution in [0.5, 0.6) is 0 Å². The molecule has 0 amide bonds. The molecule has 0 aromatic rings. The third-order valence-corrected chi connectivity index (χ3v) is 2.83. The van der Waals surface area contributed by atoms with Gasteiger partial charge in [0.05, 0.1) is 12.5 Å². The van der Waals surface area contributed by atoms with Crippen LogP contribution < -0.4 is 0 Å². The quantitative estimate of drug-likeness (QED) is 0.706. The van der Waals surface area contributed by atoms with Crippen molar-refractivity contribution in [1.82, 2.24) is 0 Å². The lowest BCUT2D eigenvalue weighted by molar-refractivity contribution is -0.157. The molecular weight excluding hydrogens is 208 g/mol. The Bertz CT molecular complexity index is 332. The molecule has 0 aromatic carbocycles. The Balaban J connectivity index is 3.24. The van der Waals surface area contributed by atoms with Crippen molar-refractivity contribution in [2.45, 2.75) is 19.4 Å². The number of aldehydes is 1. The van der Waals surface area contributed by atoms with Crippen molar-refractivity contribution in [2.75, 3.05) is 7.11 Å². The van der Waals surface area contributed by atoms with Crippen LogP contribution >= 0.6 is 11.6 Å². The molecule has 1 rings (SSSR count). The molecule has 0 saturated carbocycles. The maximum absolute atomic E-state index is 11.4. The summed E-state index contributed by atoms with van der Waals surface area (Å²) in [6.45, 7) is 2.89. The molecule has 0 aromatic heterocycles. The zero-order valence-corrected chi connectivity index (χ0v) is 8.88. The van der Waals surface area contributed by atoms with Crippen molar-refractivity contribution in [2.24, 2.45) is 5.41 Å². The minimum absolute atomic E-state index is 0.0405. The van der Waals surface area contributed by atoms with E-state index in [4.69, 9.17) is 16.3 Å². The molecule has 1 N–H and O–H groups in total. The van der Waals surface area contributed by atoms with E-state index < -0.39 is 16.8 Å². The number of carbonyl (C=O) groups excluding carboxylic acids is 2. The largest absolute Gasteiger partial charge is 0.496 e. The molecule has 0 saturated heterocycles. The van der Waals surface area contributed by atoms with Crippen molar-refractivity contribution in [1.29, 1.82) is 0 Å². The van der Waals surface area contributed by atoms with E-state index in [1.807, 2.05) is 0 Å². The summed E-state index contributed by atoms with van der Waals surface area (Å²) in [4.78, 5) is 22.1. The highest BCUT2D eigenvalue weighted by molar-refractivity contribution is 6.48. The Hall–Kier alpha value is -0.870. The van der Waals surface area contributed by atoms with Crippen LogP contribution in [0.4, 0.5) is 0 Å². The summed E-state index contributed by atoms with van der Waals surface area (Å²) < 4.78 is 4.79. The van der Waals surface area contributed by atoms with Crippen LogP contribution in [0.2, 0.25) is 0 Å². The number of ether oxygens (including phenoxy) is 1. The van der Waals surface area contributed by atoms with Crippen molar-refractivity contribution in [3.63, 3.8) is 0 Å². The van der Waals surface area contributed by atoms with Gasteiger partial charge in [0, 0.05) is 0 Å². The van der Waals surface area contributed by atoms with E-state index in [1.54, 1.807) is 0 Å². The minimum atomic E-state index is -1.92. The van der Waals surface area contributed by atoms with Gasteiger partial charge in [-0.3, -0.25) is 4.79 Å². The first kappa shape index (κ1) is 11.2. The summed E-state index contributed by atoms with van der Waals surface area (Å²) in [6, 6.07) is 0. The predicted octanol–water partition coefficient (Wildman–Crippen LogP) is 0.622. The highest BCUT2D eigenvalue weighted by Crippen LogP contribution is 2.47. The van der Waals surface area contributed by atoms with Gasteiger partial charge in [0.2, 0.25) is 5.78 Å². The lowest BCUT2D eigenvalue weighted by Crippen LogP contribution is -2.60. The van der Waals surface area contributed by atoms with E-state index in [0.29, 0.717) is 6.29 Å². The molecule has 0 spiro atoms. The second kappa shape index (κ2) is 3.07. The maximum atomic E-state index is 11.4. The standard InChI is InChI=1S/C9H11ClO4/c1-8(2,4-11)9(13)6(12)5(10)7(9)14-3/h4,13H,1-3H3. The Morgan fingerprint density at radius 2 is 2.07 bits per heavy atom. The van der Waals surface area contributed by atoms with Crippen LogP contribution in [0, 0.1) is 5.41 Å². The van der Waals surface area contributed by atoms with Gasteiger partial charge in [-0.2, -0.15) is 0 Å². The summed E-state index contributed by atoms with van der Waals surface area (Å²) in [7, 11) is 1.29. The van der Waals surface area contributed by atoms with Crippen LogP contribution in [0.15, 0.2) is 10.8 Å². The van der Waals surface area contributed by atoms with Gasteiger partial charge in [-0.15, -0.1) is 0 Å². The first-order chi connectivity index (χ1) is 6.32. The normalized spacial score (nSPS) is 27.4. The number of ketones is 1. The van der Waals surface area contributed by atoms with Gasteiger partial charge in [-0.05, 0) is 13.8 Å². The van der Waals surface area contributed by atoms with Gasteiger partial charge in [-0.1, -0.05) is 11.6 Å². The SMILES string of the molecule is COC1=C(Cl)C(=O)C1(O)C(C)(C)C=O. The van der Waals surface area contributed by atoms with Gasteiger partial charge in [0.1, 0.15) is 11.3 Å². The molecule has 0 aliphatic heterocycles. The van der Waals surface area contributed by atoms with Crippen LogP contribution in [-0.2, 0) is 14.3 Å². The molecule has 5 heteroatoms. The van der Waals surface area contributed by atoms with Crippen LogP contribution in [0.3, 0.4) is 0 Å². The van der Waals surface area contributed by atoms with Crippen molar-refractivity contribution >= 4 is 23.7 Å². The zero-order chi connectivity index (χ0) is 11.1. The second-order valence-corrected chi connectivity index (χ2v) is 4.10. The third kappa shape index (κ3) is 1.04. The van der Waals surface area contributed by atoms with E-state index in [2.05, 4.69) is 0 Å². The predicted molar refractivity (Wildman–Crippen MR) is 49.7 cm³/mol. The van der Waals surface area contributed by atoms with Crippen LogP contribution in [0.25, 0.3) is 0 Å². The van der Waals surface area contributed by atoms with Gasteiger partial charge in [0.15, 0.2) is 11.4 Å². The fourth-order valence-electron chi connectivity index (χ4n) is 1.37. The van der Waals surface area contributed by atoms with Gasteiger partial charge in [0.25, 0.3) is 0 Å². The molecule has 1 aliphatic carbocycles. The monoisotopic (exact) mass is 218 g/mol. The van der Waals surface area contributed by atoms with E-state index in [0.717, 1.165) is 0 Å². The summed E-state index contributed by atoms with van der Waals surface area (Å²) in [5.74, 6) is -0.714. The van der Waals surface area contributed by atoms with Gasteiger partial charge < -0.3 is 14.6 Å². The summed E-state index contributed by atoms with van der Waals surface area (Å²) in [5.41, 5.74) is -3.16. The number of hydrogen-bond acceptors (Lipinski definition) is 4. The van der Waals surface area contributed by atoms with E-state index in [9.17, 15) is 14.7 Å². The third-order valence-electron chi connectivity index (χ3n) is 2.49. The van der Waals surface area contributed by atoms with E-state index in [-0.39, 0.29) is 10.8 Å². The number of methoxy groups -OCH3 is 1. The molecule has 78 valence electrons. The molecule has 1 unspecified atom stereocenters. The first-order valence-electron chi connectivity index (χ1n) is 4.00. The Kier molecular flexibility index (Phi) is 2.46. The molecule has 0 heterocycles. The summed E-state index contributed by atoms with van der Waals surface area (Å²) in [6.07, 6.45) is 0.507. The molecule has 14 heavy (non-hydrogen) atoms. The smallest absolute Gasteiger partial charge is 0.218 e. The maximum Gasteiger partial charge on any atom is 0.218 e. The fourth-order valence-corrected chi connectivity index (χ4v) is 1.72. The molecule has 1 aliphatic rings. The highest BCUT2D eigenvalue weighted by atomic mass is 35.5. The minimum Gasteiger partial charge on any atom is -0.496 e. The van der Waals surface area contributed by atoms with E-state index in [1.165, 1.54) is 21.0 Å². The van der Waals surface area contributed by atoms with Crippen LogP contribution in [0.1, 0.15) is 13.8 Å². The molecule has 1 atom stereocenters. The molecule has 0 radical (unpaired) electrons. The lowest BCUT2D eigenvalue weighted by Gasteiger charge is -2.43. The number of carbonyl (C=O) groups is 2. The van der Waals surface area contributed by atoms with Crippen molar-refractivity contribution in [3.8, 4) is 0 Å². The van der Waals surface area contributed by atoms with Crippen LogP contribution in [-0.4, -0.2) is 29.9 Å². The molecule has 4 nitrogen and oxygen atoms in total. The number of halogens is 1. The zero-order valence-electron chi connectivity index (χ0n) is 8.13. The average Bonchev–Trinajstić information content (AvgIpc) is 2.17. The number of rotatable bonds is 3.